The average molecular weight is 301 g/mol. The molecular weight excluding hydrogens is 286 g/mol. The summed E-state index contributed by atoms with van der Waals surface area (Å²) >= 11 is 4.94. The predicted octanol–water partition coefficient (Wildman–Crippen LogP) is -0.808. The van der Waals surface area contributed by atoms with E-state index in [-0.39, 0.29) is 4.99 Å². The Morgan fingerprint density at radius 3 is 2.37 bits per heavy atom. The lowest BCUT2D eigenvalue weighted by atomic mass is 10.3. The van der Waals surface area contributed by atoms with E-state index < -0.39 is 10.0 Å². The summed E-state index contributed by atoms with van der Waals surface area (Å²) in [5, 5.41) is 0. The first kappa shape index (κ1) is 14.1. The highest BCUT2D eigenvalue weighted by Crippen LogP contribution is 2.17. The van der Waals surface area contributed by atoms with E-state index in [0.717, 1.165) is 0 Å². The molecule has 0 radical (unpaired) electrons. The molecule has 0 aromatic carbocycles. The van der Waals surface area contributed by atoms with Crippen LogP contribution >= 0.6 is 12.2 Å². The topological polar surface area (TPSA) is 92.4 Å². The smallest absolute Gasteiger partial charge is 0.211 e. The van der Waals surface area contributed by atoms with E-state index in [1.807, 2.05) is 4.90 Å². The van der Waals surface area contributed by atoms with Gasteiger partial charge in [0.05, 0.1) is 6.26 Å². The molecule has 0 atom stereocenters. The molecule has 7 nitrogen and oxygen atoms in total. The van der Waals surface area contributed by atoms with Crippen LogP contribution in [0, 0.1) is 0 Å². The summed E-state index contributed by atoms with van der Waals surface area (Å²) in [6.45, 7) is 1.93. The maximum Gasteiger partial charge on any atom is 0.211 e. The van der Waals surface area contributed by atoms with Crippen LogP contribution in [-0.4, -0.2) is 60.1 Å². The summed E-state index contributed by atoms with van der Waals surface area (Å²) in [6.07, 6.45) is 4.32. The number of hydrogen-bond donors (Lipinski definition) is 1. The molecule has 0 bridgehead atoms. The lowest BCUT2D eigenvalue weighted by Crippen LogP contribution is -2.49. The Morgan fingerprint density at radius 1 is 1.26 bits per heavy atom. The Kier molecular flexibility index (Phi) is 3.97. The Morgan fingerprint density at radius 2 is 1.84 bits per heavy atom. The Hall–Kier alpha value is -1.32. The lowest BCUT2D eigenvalue weighted by Gasteiger charge is -2.34. The maximum atomic E-state index is 11.4. The minimum Gasteiger partial charge on any atom is -0.388 e. The fraction of sp³-hybridized carbons (Fsp3) is 0.500. The van der Waals surface area contributed by atoms with Crippen LogP contribution in [0.1, 0.15) is 5.69 Å². The summed E-state index contributed by atoms with van der Waals surface area (Å²) in [5.41, 5.74) is 6.09. The maximum absolute atomic E-state index is 11.4. The number of rotatable bonds is 3. The standard InChI is InChI=1S/C10H15N5O2S2/c1-19(16,17)15-6-4-14(5-7-15)10-8(9(11)18)12-2-3-13-10/h2-3H,4-7H2,1H3,(H2,11,18). The highest BCUT2D eigenvalue weighted by molar-refractivity contribution is 7.88. The van der Waals surface area contributed by atoms with Crippen LogP contribution in [0.4, 0.5) is 5.82 Å². The van der Waals surface area contributed by atoms with Gasteiger partial charge in [-0.15, -0.1) is 0 Å². The number of anilines is 1. The number of sulfonamides is 1. The third-order valence-electron chi connectivity index (χ3n) is 2.92. The van der Waals surface area contributed by atoms with Gasteiger partial charge in [0.1, 0.15) is 10.7 Å². The van der Waals surface area contributed by atoms with E-state index in [4.69, 9.17) is 18.0 Å². The van der Waals surface area contributed by atoms with E-state index in [0.29, 0.717) is 37.7 Å². The van der Waals surface area contributed by atoms with Gasteiger partial charge in [-0.2, -0.15) is 4.31 Å². The second-order valence-electron chi connectivity index (χ2n) is 4.24. The first-order valence-electron chi connectivity index (χ1n) is 5.70. The molecule has 1 aromatic rings. The van der Waals surface area contributed by atoms with Gasteiger partial charge in [0.15, 0.2) is 5.82 Å². The van der Waals surface area contributed by atoms with Crippen LogP contribution < -0.4 is 10.6 Å². The first-order chi connectivity index (χ1) is 8.89. The number of aromatic nitrogens is 2. The van der Waals surface area contributed by atoms with Gasteiger partial charge in [-0.25, -0.2) is 18.4 Å². The third kappa shape index (κ3) is 3.17. The van der Waals surface area contributed by atoms with Crippen molar-refractivity contribution < 1.29 is 8.42 Å². The summed E-state index contributed by atoms with van der Waals surface area (Å²) in [7, 11) is -3.14. The van der Waals surface area contributed by atoms with Crippen molar-refractivity contribution in [1.82, 2.24) is 14.3 Å². The molecule has 2 rings (SSSR count). The van der Waals surface area contributed by atoms with Crippen molar-refractivity contribution in [2.75, 3.05) is 37.3 Å². The van der Waals surface area contributed by atoms with Crippen LogP contribution in [-0.2, 0) is 10.0 Å². The summed E-state index contributed by atoms with van der Waals surface area (Å²) in [6, 6.07) is 0. The molecule has 1 saturated heterocycles. The molecule has 1 fully saturated rings. The number of piperazine rings is 1. The summed E-state index contributed by atoms with van der Waals surface area (Å²) in [4.78, 5) is 10.5. The average Bonchev–Trinajstić information content (AvgIpc) is 2.38. The highest BCUT2D eigenvalue weighted by atomic mass is 32.2. The Balaban J connectivity index is 2.16. The molecule has 1 aliphatic heterocycles. The van der Waals surface area contributed by atoms with Crippen molar-refractivity contribution in [3.63, 3.8) is 0 Å². The zero-order valence-electron chi connectivity index (χ0n) is 10.5. The normalized spacial score (nSPS) is 17.4. The summed E-state index contributed by atoms with van der Waals surface area (Å²) < 4.78 is 24.3. The Labute approximate surface area is 117 Å². The van der Waals surface area contributed by atoms with Crippen LogP contribution in [0.2, 0.25) is 0 Å². The molecule has 0 saturated carbocycles. The fourth-order valence-corrected chi connectivity index (χ4v) is 2.94. The van der Waals surface area contributed by atoms with Crippen molar-refractivity contribution in [3.05, 3.63) is 18.1 Å². The summed E-state index contributed by atoms with van der Waals surface area (Å²) in [5.74, 6) is 0.614. The van der Waals surface area contributed by atoms with Crippen LogP contribution in [0.25, 0.3) is 0 Å². The second-order valence-corrected chi connectivity index (χ2v) is 6.66. The monoisotopic (exact) mass is 301 g/mol. The van der Waals surface area contributed by atoms with Gasteiger partial charge >= 0.3 is 0 Å². The SMILES string of the molecule is CS(=O)(=O)N1CCN(c2nccnc2C(N)=S)CC1. The zero-order valence-corrected chi connectivity index (χ0v) is 12.1. The van der Waals surface area contributed by atoms with Crippen molar-refractivity contribution in [2.45, 2.75) is 0 Å². The zero-order chi connectivity index (χ0) is 14.0. The molecule has 2 N–H and O–H groups in total. The molecular formula is C10H15N5O2S2. The third-order valence-corrected chi connectivity index (χ3v) is 4.42. The van der Waals surface area contributed by atoms with E-state index >= 15 is 0 Å². The van der Waals surface area contributed by atoms with Gasteiger partial charge in [0, 0.05) is 38.6 Å². The van der Waals surface area contributed by atoms with Gasteiger partial charge < -0.3 is 10.6 Å². The predicted molar refractivity (Wildman–Crippen MR) is 76.5 cm³/mol. The molecule has 19 heavy (non-hydrogen) atoms. The van der Waals surface area contributed by atoms with Gasteiger partial charge in [0.25, 0.3) is 0 Å². The van der Waals surface area contributed by atoms with Gasteiger partial charge in [0.2, 0.25) is 10.0 Å². The van der Waals surface area contributed by atoms with Gasteiger partial charge in [-0.3, -0.25) is 0 Å². The molecule has 2 heterocycles. The molecule has 9 heteroatoms. The van der Waals surface area contributed by atoms with Crippen molar-refractivity contribution in [1.29, 1.82) is 0 Å². The number of nitrogens with two attached hydrogens (primary N) is 1. The molecule has 0 spiro atoms. The van der Waals surface area contributed by atoms with E-state index in [2.05, 4.69) is 9.97 Å². The fourth-order valence-electron chi connectivity index (χ4n) is 1.97. The molecule has 104 valence electrons. The largest absolute Gasteiger partial charge is 0.388 e. The van der Waals surface area contributed by atoms with Gasteiger partial charge in [-0.1, -0.05) is 12.2 Å². The van der Waals surface area contributed by atoms with Crippen LogP contribution in [0.3, 0.4) is 0 Å². The number of hydrogen-bond acceptors (Lipinski definition) is 6. The van der Waals surface area contributed by atoms with E-state index in [1.165, 1.54) is 16.8 Å². The van der Waals surface area contributed by atoms with Crippen molar-refractivity contribution in [2.24, 2.45) is 5.73 Å². The van der Waals surface area contributed by atoms with E-state index in [9.17, 15) is 8.42 Å². The number of nitrogens with zero attached hydrogens (tertiary/aromatic N) is 4. The van der Waals surface area contributed by atoms with Crippen molar-refractivity contribution in [3.8, 4) is 0 Å². The van der Waals surface area contributed by atoms with E-state index in [1.54, 1.807) is 6.20 Å². The molecule has 1 aliphatic rings. The van der Waals surface area contributed by atoms with Crippen LogP contribution in [0.5, 0.6) is 0 Å². The molecule has 0 unspecified atom stereocenters. The highest BCUT2D eigenvalue weighted by Gasteiger charge is 2.25. The first-order valence-corrected chi connectivity index (χ1v) is 7.96. The van der Waals surface area contributed by atoms with Crippen molar-refractivity contribution >= 4 is 33.0 Å². The minimum absolute atomic E-state index is 0.189. The van der Waals surface area contributed by atoms with Crippen LogP contribution in [0.15, 0.2) is 12.4 Å². The molecule has 0 aliphatic carbocycles. The number of thiocarbonyl (C=S) groups is 1. The molecule has 1 aromatic heterocycles. The quantitative estimate of drug-likeness (QED) is 0.730. The Bertz CT molecular complexity index is 581. The van der Waals surface area contributed by atoms with Gasteiger partial charge in [-0.05, 0) is 0 Å². The lowest BCUT2D eigenvalue weighted by molar-refractivity contribution is 0.387. The second kappa shape index (κ2) is 5.35. The molecule has 0 amide bonds. The minimum atomic E-state index is -3.14.